The van der Waals surface area contributed by atoms with Crippen LogP contribution in [-0.2, 0) is 17.8 Å². The van der Waals surface area contributed by atoms with Crippen molar-refractivity contribution < 1.29 is 4.74 Å². The minimum atomic E-state index is 0.342. The molecule has 0 saturated heterocycles. The molecular formula is C20H29ClN4O. The summed E-state index contributed by atoms with van der Waals surface area (Å²) in [7, 11) is 3.73. The van der Waals surface area contributed by atoms with Gasteiger partial charge in [0, 0.05) is 46.4 Å². The molecule has 2 rings (SSSR count). The predicted molar refractivity (Wildman–Crippen MR) is 108 cm³/mol. The zero-order valence-corrected chi connectivity index (χ0v) is 16.9. The number of halogens is 1. The van der Waals surface area contributed by atoms with Crippen molar-refractivity contribution in [3.8, 4) is 0 Å². The molecule has 0 amide bonds. The van der Waals surface area contributed by atoms with Crippen LogP contribution in [0.2, 0.25) is 5.15 Å². The van der Waals surface area contributed by atoms with Gasteiger partial charge >= 0.3 is 0 Å². The summed E-state index contributed by atoms with van der Waals surface area (Å²) in [5.41, 5.74) is 2.08. The Bertz CT molecular complexity index is 666. The van der Waals surface area contributed by atoms with Crippen molar-refractivity contribution in [3.63, 3.8) is 0 Å². The third-order valence-electron chi connectivity index (χ3n) is 4.37. The number of methoxy groups -OCH3 is 1. The van der Waals surface area contributed by atoms with Gasteiger partial charge in [0.05, 0.1) is 11.9 Å². The highest BCUT2D eigenvalue weighted by Crippen LogP contribution is 2.19. The van der Waals surface area contributed by atoms with Gasteiger partial charge < -0.3 is 9.64 Å². The van der Waals surface area contributed by atoms with E-state index >= 15 is 0 Å². The number of nitrogens with zero attached hydrogens (tertiary/aromatic N) is 4. The summed E-state index contributed by atoms with van der Waals surface area (Å²) < 4.78 is 5.19. The van der Waals surface area contributed by atoms with E-state index in [1.807, 2.05) is 13.1 Å². The van der Waals surface area contributed by atoms with Crippen LogP contribution in [0.5, 0.6) is 0 Å². The molecule has 5 nitrogen and oxygen atoms in total. The quantitative estimate of drug-likeness (QED) is 0.586. The molecule has 26 heavy (non-hydrogen) atoms. The number of benzene rings is 1. The number of rotatable bonds is 10. The molecule has 0 spiro atoms. The van der Waals surface area contributed by atoms with E-state index in [1.165, 1.54) is 5.56 Å². The molecule has 0 radical (unpaired) electrons. The first kappa shape index (κ1) is 20.6. The van der Waals surface area contributed by atoms with Crippen molar-refractivity contribution >= 4 is 17.4 Å². The average molecular weight is 377 g/mol. The minimum absolute atomic E-state index is 0.342. The van der Waals surface area contributed by atoms with E-state index < -0.39 is 0 Å². The minimum Gasteiger partial charge on any atom is -0.385 e. The third kappa shape index (κ3) is 6.24. The van der Waals surface area contributed by atoms with E-state index in [1.54, 1.807) is 13.3 Å². The number of aromatic nitrogens is 2. The molecule has 1 aromatic heterocycles. The molecule has 0 unspecified atom stereocenters. The van der Waals surface area contributed by atoms with Crippen LogP contribution in [0.1, 0.15) is 31.5 Å². The van der Waals surface area contributed by atoms with Gasteiger partial charge in [-0.3, -0.25) is 9.88 Å². The lowest BCUT2D eigenvalue weighted by molar-refractivity contribution is 0.166. The van der Waals surface area contributed by atoms with Crippen LogP contribution in [0.25, 0.3) is 0 Å². The Kier molecular flexibility index (Phi) is 8.29. The van der Waals surface area contributed by atoms with Crippen LogP contribution in [0.15, 0.2) is 36.5 Å². The van der Waals surface area contributed by atoms with Gasteiger partial charge in [-0.05, 0) is 25.8 Å². The van der Waals surface area contributed by atoms with E-state index in [0.717, 1.165) is 37.6 Å². The summed E-state index contributed by atoms with van der Waals surface area (Å²) in [5.74, 6) is 0.794. The SMILES string of the molecule is COCCCN(Cc1ccccc1)Cc1ncc(N(C)C(C)C)nc1Cl. The molecule has 0 aliphatic rings. The van der Waals surface area contributed by atoms with Crippen LogP contribution >= 0.6 is 11.6 Å². The normalized spacial score (nSPS) is 11.3. The fourth-order valence-electron chi connectivity index (χ4n) is 2.62. The van der Waals surface area contributed by atoms with E-state index in [0.29, 0.717) is 17.7 Å². The van der Waals surface area contributed by atoms with Crippen LogP contribution in [0.3, 0.4) is 0 Å². The first-order valence-corrected chi connectivity index (χ1v) is 9.38. The fourth-order valence-corrected chi connectivity index (χ4v) is 2.82. The van der Waals surface area contributed by atoms with Crippen LogP contribution in [0.4, 0.5) is 5.82 Å². The van der Waals surface area contributed by atoms with Gasteiger partial charge in [0.15, 0.2) is 5.15 Å². The Balaban J connectivity index is 2.10. The first-order chi connectivity index (χ1) is 12.5. The summed E-state index contributed by atoms with van der Waals surface area (Å²) in [6.45, 7) is 7.38. The third-order valence-corrected chi connectivity index (χ3v) is 4.67. The van der Waals surface area contributed by atoms with Gasteiger partial charge in [-0.25, -0.2) is 4.98 Å². The van der Waals surface area contributed by atoms with E-state index in [9.17, 15) is 0 Å². The van der Waals surface area contributed by atoms with Gasteiger partial charge in [0.25, 0.3) is 0 Å². The van der Waals surface area contributed by atoms with Crippen molar-refractivity contribution in [1.29, 1.82) is 0 Å². The lowest BCUT2D eigenvalue weighted by Crippen LogP contribution is -2.28. The van der Waals surface area contributed by atoms with Crippen molar-refractivity contribution in [3.05, 3.63) is 52.9 Å². The molecule has 0 aliphatic carbocycles. The maximum absolute atomic E-state index is 6.43. The monoisotopic (exact) mass is 376 g/mol. The molecule has 142 valence electrons. The molecule has 6 heteroatoms. The number of hydrogen-bond donors (Lipinski definition) is 0. The summed E-state index contributed by atoms with van der Waals surface area (Å²) in [5, 5.41) is 0.472. The molecule has 0 aliphatic heterocycles. The highest BCUT2D eigenvalue weighted by atomic mass is 35.5. The van der Waals surface area contributed by atoms with Crippen LogP contribution in [0, 0.1) is 0 Å². The first-order valence-electron chi connectivity index (χ1n) is 9.00. The zero-order chi connectivity index (χ0) is 18.9. The van der Waals surface area contributed by atoms with Crippen LogP contribution < -0.4 is 4.90 Å². The molecule has 0 fully saturated rings. The van der Waals surface area contributed by atoms with E-state index in [2.05, 4.69) is 57.9 Å². The summed E-state index contributed by atoms with van der Waals surface area (Å²) >= 11 is 6.43. The second-order valence-electron chi connectivity index (χ2n) is 6.71. The Morgan fingerprint density at radius 2 is 1.88 bits per heavy atom. The molecule has 1 heterocycles. The molecular weight excluding hydrogens is 348 g/mol. The molecule has 2 aromatic rings. The predicted octanol–water partition coefficient (Wildman–Crippen LogP) is 4.01. The van der Waals surface area contributed by atoms with Crippen molar-refractivity contribution in [2.24, 2.45) is 0 Å². The van der Waals surface area contributed by atoms with Crippen molar-refractivity contribution in [2.75, 3.05) is 32.2 Å². The lowest BCUT2D eigenvalue weighted by atomic mass is 10.2. The lowest BCUT2D eigenvalue weighted by Gasteiger charge is -2.24. The number of ether oxygens (including phenoxy) is 1. The van der Waals surface area contributed by atoms with E-state index in [-0.39, 0.29) is 0 Å². The largest absolute Gasteiger partial charge is 0.385 e. The van der Waals surface area contributed by atoms with Gasteiger partial charge in [-0.15, -0.1) is 0 Å². The second-order valence-corrected chi connectivity index (χ2v) is 7.07. The molecule has 0 atom stereocenters. The maximum atomic E-state index is 6.43. The van der Waals surface area contributed by atoms with Gasteiger partial charge in [0.2, 0.25) is 0 Å². The van der Waals surface area contributed by atoms with Gasteiger partial charge in [-0.2, -0.15) is 0 Å². The second kappa shape index (κ2) is 10.5. The molecule has 0 bridgehead atoms. The standard InChI is InChI=1S/C20H29ClN4O/c1-16(2)24(3)19-13-22-18(20(21)23-19)15-25(11-8-12-26-4)14-17-9-6-5-7-10-17/h5-7,9-10,13,16H,8,11-12,14-15H2,1-4H3. The smallest absolute Gasteiger partial charge is 0.154 e. The van der Waals surface area contributed by atoms with E-state index in [4.69, 9.17) is 16.3 Å². The van der Waals surface area contributed by atoms with Gasteiger partial charge in [0.1, 0.15) is 5.82 Å². The summed E-state index contributed by atoms with van der Waals surface area (Å²) in [4.78, 5) is 13.5. The van der Waals surface area contributed by atoms with Crippen molar-refractivity contribution in [1.82, 2.24) is 14.9 Å². The molecule has 1 aromatic carbocycles. The fraction of sp³-hybridized carbons (Fsp3) is 0.500. The Labute approximate surface area is 162 Å². The average Bonchev–Trinajstić information content (AvgIpc) is 2.63. The van der Waals surface area contributed by atoms with Gasteiger partial charge in [-0.1, -0.05) is 41.9 Å². The summed E-state index contributed by atoms with van der Waals surface area (Å²) in [6.07, 6.45) is 2.76. The summed E-state index contributed by atoms with van der Waals surface area (Å²) in [6, 6.07) is 10.8. The number of anilines is 1. The highest BCUT2D eigenvalue weighted by molar-refractivity contribution is 6.30. The Morgan fingerprint density at radius 3 is 2.50 bits per heavy atom. The topological polar surface area (TPSA) is 41.5 Å². The van der Waals surface area contributed by atoms with Crippen molar-refractivity contribution in [2.45, 2.75) is 39.4 Å². The molecule has 0 saturated carbocycles. The molecule has 0 N–H and O–H groups in total. The maximum Gasteiger partial charge on any atom is 0.154 e. The Hall–Kier alpha value is -1.69. The highest BCUT2D eigenvalue weighted by Gasteiger charge is 2.14. The van der Waals surface area contributed by atoms with Crippen LogP contribution in [-0.4, -0.2) is 48.2 Å². The number of hydrogen-bond acceptors (Lipinski definition) is 5. The zero-order valence-electron chi connectivity index (χ0n) is 16.2. The Morgan fingerprint density at radius 1 is 1.15 bits per heavy atom.